The van der Waals surface area contributed by atoms with Crippen LogP contribution in [0.3, 0.4) is 0 Å². The monoisotopic (exact) mass is 742 g/mol. The molecule has 14 nitrogen and oxygen atoms in total. The van der Waals surface area contributed by atoms with Crippen molar-refractivity contribution < 1.29 is 19.2 Å². The number of carbonyl (C=O) groups is 4. The summed E-state index contributed by atoms with van der Waals surface area (Å²) < 4.78 is 1.63. The first-order valence-corrected chi connectivity index (χ1v) is 19.6. The van der Waals surface area contributed by atoms with Gasteiger partial charge in [-0.05, 0) is 74.6 Å². The van der Waals surface area contributed by atoms with E-state index in [-0.39, 0.29) is 41.6 Å². The minimum atomic E-state index is -0.297. The van der Waals surface area contributed by atoms with E-state index in [1.54, 1.807) is 23.1 Å². The van der Waals surface area contributed by atoms with Crippen molar-refractivity contribution >= 4 is 46.0 Å². The van der Waals surface area contributed by atoms with E-state index in [1.807, 2.05) is 35.2 Å². The van der Waals surface area contributed by atoms with Gasteiger partial charge in [0.1, 0.15) is 6.07 Å². The number of imide groups is 1. The predicted octanol–water partition coefficient (Wildman–Crippen LogP) is 4.59. The van der Waals surface area contributed by atoms with Gasteiger partial charge in [-0.1, -0.05) is 25.0 Å². The van der Waals surface area contributed by atoms with Crippen LogP contribution in [0.5, 0.6) is 0 Å². The average molecular weight is 743 g/mol. The maximum absolute atomic E-state index is 13.7. The van der Waals surface area contributed by atoms with Crippen LogP contribution in [0, 0.1) is 17.2 Å². The van der Waals surface area contributed by atoms with Gasteiger partial charge in [-0.25, -0.2) is 9.97 Å². The molecule has 3 aromatic heterocycles. The lowest BCUT2D eigenvalue weighted by atomic mass is 9.83. The van der Waals surface area contributed by atoms with E-state index < -0.39 is 0 Å². The smallest absolute Gasteiger partial charge is 0.255 e. The second-order valence-electron chi connectivity index (χ2n) is 15.4. The molecule has 0 radical (unpaired) electrons. The Balaban J connectivity index is 0.829. The van der Waals surface area contributed by atoms with Crippen LogP contribution in [0.1, 0.15) is 98.0 Å². The van der Waals surface area contributed by atoms with E-state index in [2.05, 4.69) is 42.0 Å². The molecule has 0 bridgehead atoms. The summed E-state index contributed by atoms with van der Waals surface area (Å²) in [5.74, 6) is 0.126. The molecule has 14 heteroatoms. The van der Waals surface area contributed by atoms with Crippen molar-refractivity contribution in [3.63, 3.8) is 0 Å². The standard InChI is InChI=1S/C41H46N10O4/c42-22-27-19-29-24-45-51(39(29)44-23-27)36-21-35(46-30-3-1-2-4-30)34(25-43-36)41(55)47-31-9-5-26(6-10-31)20-38(53)50-17-15-49(16-18-50)32-11-7-28(8-12-32)33-13-14-37(52)48-40(33)54/h7-8,11-12,19,21,23-26,30-31,33H,1-6,9-10,13-18,20H2,(H,43,46)(H,47,55)(H,48,52,54). The molecule has 4 amide bonds. The van der Waals surface area contributed by atoms with Crippen LogP contribution in [0.2, 0.25) is 0 Å². The number of aromatic nitrogens is 4. The Labute approximate surface area is 319 Å². The number of anilines is 2. The van der Waals surface area contributed by atoms with E-state index in [9.17, 15) is 24.4 Å². The molecule has 284 valence electrons. The predicted molar refractivity (Wildman–Crippen MR) is 205 cm³/mol. The van der Waals surface area contributed by atoms with Crippen LogP contribution in [0.15, 0.2) is 55.0 Å². The molecular weight excluding hydrogens is 697 g/mol. The number of rotatable bonds is 9. The molecule has 55 heavy (non-hydrogen) atoms. The number of benzene rings is 1. The first-order valence-electron chi connectivity index (χ1n) is 19.6. The second-order valence-corrected chi connectivity index (χ2v) is 15.4. The molecule has 1 unspecified atom stereocenters. The lowest BCUT2D eigenvalue weighted by molar-refractivity contribution is -0.134. The highest BCUT2D eigenvalue weighted by Crippen LogP contribution is 2.31. The first kappa shape index (κ1) is 36.2. The van der Waals surface area contributed by atoms with Crippen molar-refractivity contribution in [1.82, 2.24) is 35.3 Å². The summed E-state index contributed by atoms with van der Waals surface area (Å²) in [7, 11) is 0. The number of hydrogen-bond acceptors (Lipinski definition) is 10. The van der Waals surface area contributed by atoms with Crippen LogP contribution in [-0.4, -0.2) is 86.5 Å². The lowest BCUT2D eigenvalue weighted by Gasteiger charge is -2.37. The van der Waals surface area contributed by atoms with Crippen LogP contribution >= 0.6 is 0 Å². The maximum atomic E-state index is 13.7. The van der Waals surface area contributed by atoms with Gasteiger partial charge < -0.3 is 20.4 Å². The molecule has 1 atom stereocenters. The van der Waals surface area contributed by atoms with Gasteiger partial charge in [0.05, 0.1) is 28.9 Å². The van der Waals surface area contributed by atoms with Gasteiger partial charge in [-0.3, -0.25) is 24.5 Å². The largest absolute Gasteiger partial charge is 0.382 e. The molecule has 8 rings (SSSR count). The molecule has 5 heterocycles. The highest BCUT2D eigenvalue weighted by atomic mass is 16.2. The third kappa shape index (κ3) is 8.01. The summed E-state index contributed by atoms with van der Waals surface area (Å²) in [6.07, 6.45) is 14.0. The van der Waals surface area contributed by atoms with E-state index >= 15 is 0 Å². The van der Waals surface area contributed by atoms with E-state index in [0.717, 1.165) is 86.8 Å². The van der Waals surface area contributed by atoms with Gasteiger partial charge >= 0.3 is 0 Å². The van der Waals surface area contributed by atoms with Crippen molar-refractivity contribution in [2.24, 2.45) is 5.92 Å². The van der Waals surface area contributed by atoms with E-state index in [4.69, 9.17) is 0 Å². The molecule has 1 aromatic carbocycles. The number of amides is 4. The third-order valence-electron chi connectivity index (χ3n) is 11.8. The molecule has 2 saturated heterocycles. The summed E-state index contributed by atoms with van der Waals surface area (Å²) in [6, 6.07) is 14.0. The summed E-state index contributed by atoms with van der Waals surface area (Å²) in [6.45, 7) is 2.82. The van der Waals surface area contributed by atoms with Crippen LogP contribution in [0.25, 0.3) is 16.9 Å². The number of fused-ring (bicyclic) bond motifs is 1. The zero-order valence-corrected chi connectivity index (χ0v) is 30.9. The zero-order valence-electron chi connectivity index (χ0n) is 30.9. The van der Waals surface area contributed by atoms with Gasteiger partial charge in [0.25, 0.3) is 5.91 Å². The lowest BCUT2D eigenvalue weighted by Crippen LogP contribution is -2.49. The van der Waals surface area contributed by atoms with Crippen LogP contribution in [0.4, 0.5) is 11.4 Å². The van der Waals surface area contributed by atoms with Gasteiger partial charge in [-0.2, -0.15) is 15.0 Å². The van der Waals surface area contributed by atoms with Gasteiger partial charge in [-0.15, -0.1) is 0 Å². The van der Waals surface area contributed by atoms with Crippen molar-refractivity contribution in [2.45, 2.75) is 88.6 Å². The zero-order chi connectivity index (χ0) is 37.9. The third-order valence-corrected chi connectivity index (χ3v) is 11.8. The number of nitriles is 1. The number of piperidine rings is 1. The average Bonchev–Trinajstić information content (AvgIpc) is 3.89. The topological polar surface area (TPSA) is 178 Å². The fourth-order valence-corrected chi connectivity index (χ4v) is 8.59. The van der Waals surface area contributed by atoms with E-state index in [1.165, 1.54) is 6.20 Å². The molecule has 2 aliphatic carbocycles. The fraction of sp³-hybridized carbons (Fsp3) is 0.463. The summed E-state index contributed by atoms with van der Waals surface area (Å²) in [5, 5.41) is 23.8. The molecule has 4 fully saturated rings. The minimum absolute atomic E-state index is 0.0244. The van der Waals surface area contributed by atoms with Crippen LogP contribution < -0.4 is 20.9 Å². The minimum Gasteiger partial charge on any atom is -0.382 e. The quantitative estimate of drug-likeness (QED) is 0.206. The highest BCUT2D eigenvalue weighted by Gasteiger charge is 2.30. The Bertz CT molecular complexity index is 2120. The number of pyridine rings is 2. The molecule has 4 aromatic rings. The summed E-state index contributed by atoms with van der Waals surface area (Å²) >= 11 is 0. The van der Waals surface area contributed by atoms with E-state index in [0.29, 0.717) is 60.9 Å². The van der Waals surface area contributed by atoms with Crippen molar-refractivity contribution in [3.8, 4) is 11.9 Å². The highest BCUT2D eigenvalue weighted by molar-refractivity contribution is 6.01. The number of nitrogens with zero attached hydrogens (tertiary/aromatic N) is 7. The van der Waals surface area contributed by atoms with Gasteiger partial charge in [0, 0.05) is 80.6 Å². The number of nitrogens with one attached hydrogen (secondary N) is 3. The maximum Gasteiger partial charge on any atom is 0.255 e. The van der Waals surface area contributed by atoms with Gasteiger partial charge in [0.2, 0.25) is 17.7 Å². The molecule has 2 aliphatic heterocycles. The molecular formula is C41H46N10O4. The Morgan fingerprint density at radius 2 is 1.64 bits per heavy atom. The Morgan fingerprint density at radius 1 is 0.873 bits per heavy atom. The van der Waals surface area contributed by atoms with Crippen LogP contribution in [-0.2, 0) is 14.4 Å². The normalized spacial score (nSPS) is 22.0. The number of carbonyl (C=O) groups excluding carboxylic acids is 4. The molecule has 2 saturated carbocycles. The van der Waals surface area contributed by atoms with Crippen molar-refractivity contribution in [2.75, 3.05) is 36.4 Å². The Hall–Kier alpha value is -5.84. The number of piperazine rings is 1. The van der Waals surface area contributed by atoms with Gasteiger partial charge in [0.15, 0.2) is 11.5 Å². The summed E-state index contributed by atoms with van der Waals surface area (Å²) in [4.78, 5) is 64.2. The SMILES string of the molecule is N#Cc1cnc2c(cnn2-c2cc(NC3CCCC3)c(C(=O)NC3CCC(CC(=O)N4CCN(c5ccc(C6CCC(=O)NC6=O)cc5)CC4)CC3)cn2)c1. The second kappa shape index (κ2) is 15.9. The Kier molecular flexibility index (Phi) is 10.4. The fourth-order valence-electron chi connectivity index (χ4n) is 8.59. The van der Waals surface area contributed by atoms with Crippen molar-refractivity contribution in [3.05, 3.63) is 71.7 Å². The molecule has 3 N–H and O–H groups in total. The summed E-state index contributed by atoms with van der Waals surface area (Å²) in [5.41, 5.74) is 4.24. The Morgan fingerprint density at radius 3 is 2.36 bits per heavy atom. The number of hydrogen-bond donors (Lipinski definition) is 3. The molecule has 4 aliphatic rings. The first-order chi connectivity index (χ1) is 26.8. The van der Waals surface area contributed by atoms with Crippen molar-refractivity contribution in [1.29, 1.82) is 5.26 Å². The molecule has 0 spiro atoms.